The van der Waals surface area contributed by atoms with Crippen LogP contribution in [0.5, 0.6) is 11.5 Å². The van der Waals surface area contributed by atoms with Crippen molar-refractivity contribution in [2.45, 2.75) is 13.3 Å². The summed E-state index contributed by atoms with van der Waals surface area (Å²) in [5, 5.41) is 24.1. The van der Waals surface area contributed by atoms with Crippen molar-refractivity contribution >= 4 is 0 Å². The molecule has 4 heteroatoms. The van der Waals surface area contributed by atoms with Gasteiger partial charge in [0.15, 0.2) is 5.76 Å². The van der Waals surface area contributed by atoms with Crippen molar-refractivity contribution in [3.05, 3.63) is 54.1 Å². The minimum Gasteiger partial charge on any atom is -0.507 e. The summed E-state index contributed by atoms with van der Waals surface area (Å²) in [5.41, 5.74) is 2.69. The first kappa shape index (κ1) is 13.2. The summed E-state index contributed by atoms with van der Waals surface area (Å²) >= 11 is 0. The number of hydrogen-bond acceptors (Lipinski definition) is 4. The summed E-state index contributed by atoms with van der Waals surface area (Å²) in [6, 6.07) is 14.0. The predicted octanol–water partition coefficient (Wildman–Crippen LogP) is 3.98. The fourth-order valence-electron chi connectivity index (χ4n) is 2.40. The lowest BCUT2D eigenvalue weighted by Gasteiger charge is -2.04. The molecular formula is C17H15NO3. The molecule has 2 aromatic carbocycles. The van der Waals surface area contributed by atoms with Crippen molar-refractivity contribution in [2.24, 2.45) is 0 Å². The van der Waals surface area contributed by atoms with Crippen molar-refractivity contribution in [3.8, 4) is 34.1 Å². The van der Waals surface area contributed by atoms with Crippen molar-refractivity contribution in [3.63, 3.8) is 0 Å². The summed E-state index contributed by atoms with van der Waals surface area (Å²) in [6.07, 6.45) is 0.677. The molecule has 0 amide bonds. The van der Waals surface area contributed by atoms with Crippen LogP contribution in [0.4, 0.5) is 0 Å². The van der Waals surface area contributed by atoms with Gasteiger partial charge in [-0.05, 0) is 30.7 Å². The minimum atomic E-state index is 0.146. The van der Waals surface area contributed by atoms with Crippen LogP contribution in [0.25, 0.3) is 22.6 Å². The molecule has 3 aromatic rings. The normalized spacial score (nSPS) is 10.7. The zero-order valence-corrected chi connectivity index (χ0v) is 11.6. The number of benzene rings is 2. The van der Waals surface area contributed by atoms with Crippen LogP contribution in [0, 0.1) is 0 Å². The fraction of sp³-hybridized carbons (Fsp3) is 0.118. The third-order valence-corrected chi connectivity index (χ3v) is 3.45. The molecule has 3 rings (SSSR count). The Kier molecular flexibility index (Phi) is 3.36. The number of hydrogen-bond donors (Lipinski definition) is 2. The molecule has 0 radical (unpaired) electrons. The average molecular weight is 281 g/mol. The Morgan fingerprint density at radius 1 is 0.905 bits per heavy atom. The quantitative estimate of drug-likeness (QED) is 0.762. The molecule has 2 N–H and O–H groups in total. The molecule has 0 fully saturated rings. The number of nitrogens with zero attached hydrogens (tertiary/aromatic N) is 1. The van der Waals surface area contributed by atoms with Gasteiger partial charge in [-0.3, -0.25) is 0 Å². The molecule has 0 aliphatic carbocycles. The SMILES string of the molecule is CCc1c(-c2ccccc2O)noc1-c1ccccc1O. The second-order valence-corrected chi connectivity index (χ2v) is 4.73. The van der Waals surface area contributed by atoms with Crippen LogP contribution in [0.3, 0.4) is 0 Å². The van der Waals surface area contributed by atoms with Gasteiger partial charge in [0, 0.05) is 11.1 Å². The van der Waals surface area contributed by atoms with E-state index in [4.69, 9.17) is 4.52 Å². The topological polar surface area (TPSA) is 66.5 Å². The molecular weight excluding hydrogens is 266 g/mol. The van der Waals surface area contributed by atoms with Crippen LogP contribution < -0.4 is 0 Å². The second kappa shape index (κ2) is 5.32. The lowest BCUT2D eigenvalue weighted by Crippen LogP contribution is -1.88. The highest BCUT2D eigenvalue weighted by Crippen LogP contribution is 2.38. The molecule has 0 atom stereocenters. The van der Waals surface area contributed by atoms with Gasteiger partial charge in [0.05, 0.1) is 5.56 Å². The van der Waals surface area contributed by atoms with E-state index in [0.29, 0.717) is 29.0 Å². The van der Waals surface area contributed by atoms with E-state index in [1.54, 1.807) is 36.4 Å². The van der Waals surface area contributed by atoms with Crippen LogP contribution in [-0.2, 0) is 6.42 Å². The van der Waals surface area contributed by atoms with Gasteiger partial charge in [-0.1, -0.05) is 36.3 Å². The Bertz CT molecular complexity index is 714. The molecule has 0 aliphatic heterocycles. The summed E-state index contributed by atoms with van der Waals surface area (Å²) in [6.45, 7) is 1.99. The van der Waals surface area contributed by atoms with Crippen LogP contribution >= 0.6 is 0 Å². The molecule has 0 unspecified atom stereocenters. The van der Waals surface area contributed by atoms with E-state index in [0.717, 1.165) is 5.56 Å². The number of para-hydroxylation sites is 2. The van der Waals surface area contributed by atoms with Gasteiger partial charge >= 0.3 is 0 Å². The third kappa shape index (κ3) is 2.25. The Morgan fingerprint density at radius 3 is 2.05 bits per heavy atom. The third-order valence-electron chi connectivity index (χ3n) is 3.45. The number of phenols is 2. The highest BCUT2D eigenvalue weighted by molar-refractivity contribution is 5.77. The first-order chi connectivity index (χ1) is 10.2. The fourth-order valence-corrected chi connectivity index (χ4v) is 2.40. The molecule has 21 heavy (non-hydrogen) atoms. The lowest BCUT2D eigenvalue weighted by molar-refractivity contribution is 0.426. The average Bonchev–Trinajstić information content (AvgIpc) is 2.91. The summed E-state index contributed by atoms with van der Waals surface area (Å²) in [7, 11) is 0. The summed E-state index contributed by atoms with van der Waals surface area (Å²) < 4.78 is 5.44. The molecule has 0 saturated heterocycles. The highest BCUT2D eigenvalue weighted by Gasteiger charge is 2.20. The number of rotatable bonds is 3. The molecule has 1 aromatic heterocycles. The van der Waals surface area contributed by atoms with E-state index in [1.807, 2.05) is 19.1 Å². The van der Waals surface area contributed by atoms with Crippen LogP contribution in [-0.4, -0.2) is 15.4 Å². The van der Waals surface area contributed by atoms with Crippen LogP contribution in [0.2, 0.25) is 0 Å². The van der Waals surface area contributed by atoms with E-state index in [1.165, 1.54) is 0 Å². The maximum Gasteiger partial charge on any atom is 0.174 e. The monoisotopic (exact) mass is 281 g/mol. The number of aromatic nitrogens is 1. The van der Waals surface area contributed by atoms with E-state index in [9.17, 15) is 10.2 Å². The minimum absolute atomic E-state index is 0.146. The van der Waals surface area contributed by atoms with E-state index >= 15 is 0 Å². The molecule has 0 bridgehead atoms. The van der Waals surface area contributed by atoms with Crippen LogP contribution in [0.15, 0.2) is 53.1 Å². The highest BCUT2D eigenvalue weighted by atomic mass is 16.5. The first-order valence-electron chi connectivity index (χ1n) is 6.77. The molecule has 0 aliphatic rings. The Hall–Kier alpha value is -2.75. The maximum absolute atomic E-state index is 9.99. The smallest absolute Gasteiger partial charge is 0.174 e. The Labute approximate surface area is 122 Å². The number of phenolic OH excluding ortho intramolecular Hbond substituents is 2. The Balaban J connectivity index is 2.19. The summed E-state index contributed by atoms with van der Waals surface area (Å²) in [5.74, 6) is 0.838. The molecule has 106 valence electrons. The van der Waals surface area contributed by atoms with Gasteiger partial charge in [0.2, 0.25) is 0 Å². The standard InChI is InChI=1S/C17H15NO3/c1-2-11-16(12-7-3-5-9-14(12)19)18-21-17(11)13-8-4-6-10-15(13)20/h3-10,19-20H,2H2,1H3. The molecule has 0 spiro atoms. The molecule has 0 saturated carbocycles. The zero-order valence-electron chi connectivity index (χ0n) is 11.6. The first-order valence-corrected chi connectivity index (χ1v) is 6.77. The van der Waals surface area contributed by atoms with Crippen molar-refractivity contribution < 1.29 is 14.7 Å². The van der Waals surface area contributed by atoms with Crippen LogP contribution in [0.1, 0.15) is 12.5 Å². The van der Waals surface area contributed by atoms with Gasteiger partial charge in [-0.25, -0.2) is 0 Å². The maximum atomic E-state index is 9.99. The second-order valence-electron chi connectivity index (χ2n) is 4.73. The zero-order chi connectivity index (χ0) is 14.8. The van der Waals surface area contributed by atoms with Crippen molar-refractivity contribution in [2.75, 3.05) is 0 Å². The Morgan fingerprint density at radius 2 is 1.48 bits per heavy atom. The van der Waals surface area contributed by atoms with Gasteiger partial charge in [-0.2, -0.15) is 0 Å². The van der Waals surface area contributed by atoms with Gasteiger partial charge in [0.25, 0.3) is 0 Å². The number of aromatic hydroxyl groups is 2. The van der Waals surface area contributed by atoms with Gasteiger partial charge in [-0.15, -0.1) is 0 Å². The van der Waals surface area contributed by atoms with Crippen molar-refractivity contribution in [1.82, 2.24) is 5.16 Å². The summed E-state index contributed by atoms with van der Waals surface area (Å²) in [4.78, 5) is 0. The molecule has 4 nitrogen and oxygen atoms in total. The predicted molar refractivity (Wildman–Crippen MR) is 80.1 cm³/mol. The van der Waals surface area contributed by atoms with E-state index < -0.39 is 0 Å². The molecule has 1 heterocycles. The van der Waals surface area contributed by atoms with Crippen molar-refractivity contribution in [1.29, 1.82) is 0 Å². The van der Waals surface area contributed by atoms with E-state index in [2.05, 4.69) is 5.16 Å². The van der Waals surface area contributed by atoms with Gasteiger partial charge < -0.3 is 14.7 Å². The van der Waals surface area contributed by atoms with E-state index in [-0.39, 0.29) is 11.5 Å². The van der Waals surface area contributed by atoms with Gasteiger partial charge in [0.1, 0.15) is 17.2 Å². The largest absolute Gasteiger partial charge is 0.507 e. The lowest BCUT2D eigenvalue weighted by atomic mass is 9.99.